The van der Waals surface area contributed by atoms with Crippen LogP contribution in [0.5, 0.6) is 0 Å². The number of amides is 2. The Labute approximate surface area is 145 Å². The number of carbonyl (C=O) groups excluding carboxylic acids is 2. The number of para-hydroxylation sites is 2. The second-order valence-corrected chi connectivity index (χ2v) is 7.90. The van der Waals surface area contributed by atoms with Crippen molar-refractivity contribution in [3.8, 4) is 0 Å². The molecule has 0 N–H and O–H groups in total. The van der Waals surface area contributed by atoms with Gasteiger partial charge in [-0.3, -0.25) is 9.59 Å². The summed E-state index contributed by atoms with van der Waals surface area (Å²) in [6, 6.07) is 11.9. The molecule has 2 amide bonds. The first kappa shape index (κ1) is 15.4. The summed E-state index contributed by atoms with van der Waals surface area (Å²) < 4.78 is 0. The lowest BCUT2D eigenvalue weighted by Crippen LogP contribution is -2.33. The summed E-state index contributed by atoms with van der Waals surface area (Å²) in [6.45, 7) is 2.56. The van der Waals surface area contributed by atoms with Crippen LogP contribution in [0.15, 0.2) is 36.4 Å². The molecule has 0 spiro atoms. The van der Waals surface area contributed by atoms with E-state index in [4.69, 9.17) is 0 Å². The second kappa shape index (κ2) is 5.74. The Balaban J connectivity index is 1.61. The van der Waals surface area contributed by atoms with Crippen LogP contribution in [-0.4, -0.2) is 25.4 Å². The Morgan fingerprint density at radius 3 is 2.62 bits per heavy atom. The number of carbonyl (C=O) groups is 2. The lowest BCUT2D eigenvalue weighted by atomic mass is 10.2. The van der Waals surface area contributed by atoms with Gasteiger partial charge >= 0.3 is 0 Å². The van der Waals surface area contributed by atoms with Gasteiger partial charge in [0.15, 0.2) is 0 Å². The zero-order valence-electron chi connectivity index (χ0n) is 13.9. The number of nitrogens with zero attached hydrogens (tertiary/aromatic N) is 2. The molecule has 1 fully saturated rings. The summed E-state index contributed by atoms with van der Waals surface area (Å²) >= 11 is 1.78. The average Bonchev–Trinajstić information content (AvgIpc) is 3.30. The summed E-state index contributed by atoms with van der Waals surface area (Å²) in [4.78, 5) is 31.4. The van der Waals surface area contributed by atoms with Gasteiger partial charge < -0.3 is 9.80 Å². The fraction of sp³-hybridized carbons (Fsp3) is 0.368. The quantitative estimate of drug-likeness (QED) is 0.839. The van der Waals surface area contributed by atoms with Crippen molar-refractivity contribution < 1.29 is 9.59 Å². The van der Waals surface area contributed by atoms with Gasteiger partial charge in [0.05, 0.1) is 11.4 Å². The average molecular weight is 340 g/mol. The van der Waals surface area contributed by atoms with Gasteiger partial charge in [0, 0.05) is 41.6 Å². The molecule has 2 heterocycles. The maximum Gasteiger partial charge on any atom is 0.230 e. The molecule has 0 radical (unpaired) electrons. The lowest BCUT2D eigenvalue weighted by Gasteiger charge is -2.23. The number of aryl methyl sites for hydroxylation is 1. The molecule has 2 atom stereocenters. The Hall–Kier alpha value is -2.14. The number of anilines is 2. The first-order valence-electron chi connectivity index (χ1n) is 8.29. The molecule has 2 aromatic rings. The number of fused-ring (bicyclic) bond motifs is 1. The summed E-state index contributed by atoms with van der Waals surface area (Å²) in [5, 5.41) is 0. The van der Waals surface area contributed by atoms with Gasteiger partial charge in [0.1, 0.15) is 0 Å². The summed E-state index contributed by atoms with van der Waals surface area (Å²) in [5.41, 5.74) is 1.67. The summed E-state index contributed by atoms with van der Waals surface area (Å²) in [7, 11) is 1.78. The largest absolute Gasteiger partial charge is 0.313 e. The minimum atomic E-state index is 0.0506. The van der Waals surface area contributed by atoms with Crippen molar-refractivity contribution >= 4 is 34.5 Å². The first-order valence-corrected chi connectivity index (χ1v) is 9.11. The van der Waals surface area contributed by atoms with E-state index >= 15 is 0 Å². The van der Waals surface area contributed by atoms with Crippen molar-refractivity contribution in [2.24, 2.45) is 5.92 Å². The van der Waals surface area contributed by atoms with Crippen LogP contribution in [-0.2, 0) is 9.59 Å². The number of thiophene rings is 1. The van der Waals surface area contributed by atoms with E-state index in [0.29, 0.717) is 18.9 Å². The van der Waals surface area contributed by atoms with Gasteiger partial charge in [-0.25, -0.2) is 0 Å². The first-order chi connectivity index (χ1) is 11.6. The third-order valence-electron chi connectivity index (χ3n) is 4.96. The predicted molar refractivity (Wildman–Crippen MR) is 96.7 cm³/mol. The smallest absolute Gasteiger partial charge is 0.230 e. The Bertz CT molecular complexity index is 813. The molecule has 0 bridgehead atoms. The van der Waals surface area contributed by atoms with Crippen LogP contribution in [0.2, 0.25) is 0 Å². The van der Waals surface area contributed by atoms with Gasteiger partial charge in [0.2, 0.25) is 11.8 Å². The molecule has 4 nitrogen and oxygen atoms in total. The van der Waals surface area contributed by atoms with E-state index in [1.165, 1.54) is 9.75 Å². The molecule has 2 aliphatic rings. The Morgan fingerprint density at radius 1 is 1.17 bits per heavy atom. The highest BCUT2D eigenvalue weighted by atomic mass is 32.1. The molecule has 24 heavy (non-hydrogen) atoms. The number of hydrogen-bond donors (Lipinski definition) is 0. The maximum absolute atomic E-state index is 13.1. The maximum atomic E-state index is 13.1. The zero-order valence-corrected chi connectivity index (χ0v) is 14.7. The summed E-state index contributed by atoms with van der Waals surface area (Å²) in [5.74, 6) is 0.607. The molecule has 124 valence electrons. The fourth-order valence-corrected chi connectivity index (χ4v) is 4.53. The van der Waals surface area contributed by atoms with E-state index in [2.05, 4.69) is 19.1 Å². The highest BCUT2D eigenvalue weighted by Crippen LogP contribution is 2.51. The monoisotopic (exact) mass is 340 g/mol. The standard InChI is InChI=1S/C19H20N2O2S/c1-12-7-8-17(24-12)13-11-14(13)19(23)21-10-9-18(22)20(2)15-5-3-4-6-16(15)21/h3-8,13-14H,9-11H2,1-2H3/t13-,14+/m1/s1. The third-order valence-corrected chi connectivity index (χ3v) is 6.09. The highest BCUT2D eigenvalue weighted by molar-refractivity contribution is 7.12. The molecule has 0 saturated heterocycles. The van der Waals surface area contributed by atoms with E-state index in [1.807, 2.05) is 29.2 Å². The van der Waals surface area contributed by atoms with Crippen LogP contribution in [0.25, 0.3) is 0 Å². The van der Waals surface area contributed by atoms with Crippen molar-refractivity contribution in [3.05, 3.63) is 46.2 Å². The van der Waals surface area contributed by atoms with Gasteiger partial charge in [0.25, 0.3) is 0 Å². The van der Waals surface area contributed by atoms with Gasteiger partial charge in [-0.2, -0.15) is 0 Å². The molecule has 1 aromatic heterocycles. The van der Waals surface area contributed by atoms with Crippen LogP contribution in [0, 0.1) is 12.8 Å². The van der Waals surface area contributed by atoms with E-state index in [1.54, 1.807) is 23.3 Å². The Morgan fingerprint density at radius 2 is 1.92 bits per heavy atom. The number of benzene rings is 1. The normalized spacial score (nSPS) is 23.0. The number of rotatable bonds is 2. The summed E-state index contributed by atoms with van der Waals surface area (Å²) in [6.07, 6.45) is 1.29. The van der Waals surface area contributed by atoms with Crippen molar-refractivity contribution in [2.75, 3.05) is 23.4 Å². The molecule has 4 rings (SSSR count). The molecular formula is C19H20N2O2S. The van der Waals surface area contributed by atoms with Crippen LogP contribution in [0.4, 0.5) is 11.4 Å². The molecule has 0 unspecified atom stereocenters. The molecule has 1 aromatic carbocycles. The second-order valence-electron chi connectivity index (χ2n) is 6.58. The molecule has 5 heteroatoms. The van der Waals surface area contributed by atoms with Crippen molar-refractivity contribution in [2.45, 2.75) is 25.7 Å². The van der Waals surface area contributed by atoms with E-state index in [-0.39, 0.29) is 17.7 Å². The van der Waals surface area contributed by atoms with Gasteiger partial charge in [-0.05, 0) is 37.6 Å². The van der Waals surface area contributed by atoms with E-state index < -0.39 is 0 Å². The Kier molecular flexibility index (Phi) is 3.68. The van der Waals surface area contributed by atoms with Gasteiger partial charge in [-0.15, -0.1) is 11.3 Å². The van der Waals surface area contributed by atoms with Crippen molar-refractivity contribution in [3.63, 3.8) is 0 Å². The molecular weight excluding hydrogens is 320 g/mol. The lowest BCUT2D eigenvalue weighted by molar-refractivity contribution is -0.120. The van der Waals surface area contributed by atoms with E-state index in [0.717, 1.165) is 17.8 Å². The molecule has 1 saturated carbocycles. The van der Waals surface area contributed by atoms with Crippen molar-refractivity contribution in [1.82, 2.24) is 0 Å². The SMILES string of the molecule is Cc1ccc([C@@H]2C[C@@H]2C(=O)N2CCC(=O)N(C)c3ccccc32)s1. The van der Waals surface area contributed by atoms with Crippen LogP contribution >= 0.6 is 11.3 Å². The number of hydrogen-bond acceptors (Lipinski definition) is 3. The predicted octanol–water partition coefficient (Wildman–Crippen LogP) is 3.56. The third kappa shape index (κ3) is 2.53. The zero-order chi connectivity index (χ0) is 16.8. The minimum absolute atomic E-state index is 0.0506. The molecule has 1 aliphatic heterocycles. The van der Waals surface area contributed by atoms with Crippen LogP contribution in [0.1, 0.15) is 28.5 Å². The fourth-order valence-electron chi connectivity index (χ4n) is 3.47. The van der Waals surface area contributed by atoms with E-state index in [9.17, 15) is 9.59 Å². The topological polar surface area (TPSA) is 40.6 Å². The van der Waals surface area contributed by atoms with Crippen LogP contribution in [0.3, 0.4) is 0 Å². The minimum Gasteiger partial charge on any atom is -0.313 e. The molecule has 1 aliphatic carbocycles. The highest BCUT2D eigenvalue weighted by Gasteiger charge is 2.47. The van der Waals surface area contributed by atoms with Gasteiger partial charge in [-0.1, -0.05) is 12.1 Å². The van der Waals surface area contributed by atoms with Crippen molar-refractivity contribution in [1.29, 1.82) is 0 Å². The van der Waals surface area contributed by atoms with Crippen LogP contribution < -0.4 is 9.80 Å².